The zero-order valence-electron chi connectivity index (χ0n) is 10.4. The third-order valence-electron chi connectivity index (χ3n) is 3.25. The Kier molecular flexibility index (Phi) is 5.55. The minimum absolute atomic E-state index is 0.136. The highest BCUT2D eigenvalue weighted by Gasteiger charge is 2.25. The lowest BCUT2D eigenvalue weighted by atomic mass is 9.75. The van der Waals surface area contributed by atoms with Gasteiger partial charge in [0.25, 0.3) is 0 Å². The Labute approximate surface area is 115 Å². The summed E-state index contributed by atoms with van der Waals surface area (Å²) in [4.78, 5) is 0. The van der Waals surface area contributed by atoms with Crippen LogP contribution in [0.2, 0.25) is 0 Å². The Balaban J connectivity index is 2.89. The zero-order chi connectivity index (χ0) is 12.9. The first-order chi connectivity index (χ1) is 7.99. The molecule has 0 aromatic carbocycles. The van der Waals surface area contributed by atoms with Crippen LogP contribution < -0.4 is 0 Å². The fourth-order valence-corrected chi connectivity index (χ4v) is 2.72. The van der Waals surface area contributed by atoms with Gasteiger partial charge in [-0.1, -0.05) is 47.0 Å². The van der Waals surface area contributed by atoms with Gasteiger partial charge in [0.15, 0.2) is 0 Å². The number of halogens is 2. The van der Waals surface area contributed by atoms with Gasteiger partial charge in [-0.3, -0.25) is 0 Å². The average Bonchev–Trinajstić information content (AvgIpc) is 2.32. The first kappa shape index (κ1) is 14.6. The molecule has 1 aliphatic carbocycles. The Morgan fingerprint density at radius 2 is 1.76 bits per heavy atom. The van der Waals surface area contributed by atoms with Crippen LogP contribution in [0.15, 0.2) is 47.0 Å². The van der Waals surface area contributed by atoms with Gasteiger partial charge in [-0.2, -0.15) is 0 Å². The summed E-state index contributed by atoms with van der Waals surface area (Å²) in [6.07, 6.45) is 11.0. The molecule has 0 spiro atoms. The first-order valence-corrected chi connectivity index (χ1v) is 6.74. The van der Waals surface area contributed by atoms with Gasteiger partial charge >= 0.3 is 0 Å². The van der Waals surface area contributed by atoms with Crippen molar-refractivity contribution in [3.63, 3.8) is 0 Å². The van der Waals surface area contributed by atoms with Gasteiger partial charge in [0.05, 0.1) is 10.1 Å². The summed E-state index contributed by atoms with van der Waals surface area (Å²) in [6.45, 7) is 10.1. The minimum Gasteiger partial charge on any atom is -0.103 e. The molecule has 0 atom stereocenters. The molecule has 0 aromatic heterocycles. The fraction of sp³-hybridized carbons (Fsp3) is 0.467. The van der Waals surface area contributed by atoms with Crippen LogP contribution >= 0.6 is 23.2 Å². The molecule has 0 fully saturated rings. The lowest BCUT2D eigenvalue weighted by molar-refractivity contribution is 0.326. The molecule has 0 nitrogen and oxygen atoms in total. The van der Waals surface area contributed by atoms with Crippen LogP contribution in [0.4, 0.5) is 0 Å². The van der Waals surface area contributed by atoms with E-state index in [0.29, 0.717) is 10.1 Å². The van der Waals surface area contributed by atoms with E-state index in [1.807, 2.05) is 12.2 Å². The predicted molar refractivity (Wildman–Crippen MR) is 78.4 cm³/mol. The van der Waals surface area contributed by atoms with Crippen LogP contribution in [-0.4, -0.2) is 0 Å². The molecule has 0 aromatic rings. The fourth-order valence-electron chi connectivity index (χ4n) is 2.35. The van der Waals surface area contributed by atoms with E-state index in [1.165, 1.54) is 5.57 Å². The zero-order valence-corrected chi connectivity index (χ0v) is 11.9. The molecule has 0 saturated heterocycles. The first-order valence-electron chi connectivity index (χ1n) is 5.99. The molecule has 0 heterocycles. The maximum atomic E-state index is 6.08. The van der Waals surface area contributed by atoms with E-state index in [-0.39, 0.29) is 5.41 Å². The summed E-state index contributed by atoms with van der Waals surface area (Å²) >= 11 is 12.2. The molecular formula is C15H20Cl2. The largest absolute Gasteiger partial charge is 0.103 e. The second-order valence-electron chi connectivity index (χ2n) is 4.88. The number of hydrogen-bond acceptors (Lipinski definition) is 0. The lowest BCUT2D eigenvalue weighted by Gasteiger charge is -2.30. The topological polar surface area (TPSA) is 0 Å². The van der Waals surface area contributed by atoms with E-state index >= 15 is 0 Å². The van der Waals surface area contributed by atoms with Gasteiger partial charge < -0.3 is 0 Å². The Hall–Kier alpha value is -0.460. The van der Waals surface area contributed by atoms with Crippen LogP contribution in [-0.2, 0) is 0 Å². The number of rotatable bonds is 3. The molecule has 0 bridgehead atoms. The quantitative estimate of drug-likeness (QED) is 0.557. The van der Waals surface area contributed by atoms with Gasteiger partial charge in [0.2, 0.25) is 0 Å². The van der Waals surface area contributed by atoms with Gasteiger partial charge in [0, 0.05) is 0 Å². The predicted octanol–water partition coefficient (Wildman–Crippen LogP) is 5.94. The number of allylic oxidation sites excluding steroid dienone is 6. The third kappa shape index (κ3) is 4.37. The van der Waals surface area contributed by atoms with E-state index in [4.69, 9.17) is 23.2 Å². The van der Waals surface area contributed by atoms with Crippen LogP contribution in [0.5, 0.6) is 0 Å². The van der Waals surface area contributed by atoms with Crippen LogP contribution in [0.25, 0.3) is 0 Å². The molecule has 94 valence electrons. The van der Waals surface area contributed by atoms with Crippen molar-refractivity contribution in [3.05, 3.63) is 47.0 Å². The Bertz CT molecular complexity index is 339. The summed E-state index contributed by atoms with van der Waals surface area (Å²) in [5, 5.41) is 1.34. The molecule has 0 N–H and O–H groups in total. The highest BCUT2D eigenvalue weighted by atomic mass is 35.5. The van der Waals surface area contributed by atoms with E-state index in [9.17, 15) is 0 Å². The van der Waals surface area contributed by atoms with Crippen molar-refractivity contribution in [2.75, 3.05) is 0 Å². The lowest BCUT2D eigenvalue weighted by Crippen LogP contribution is -2.17. The van der Waals surface area contributed by atoms with Crippen molar-refractivity contribution in [3.8, 4) is 0 Å². The van der Waals surface area contributed by atoms with Gasteiger partial charge in [0.1, 0.15) is 0 Å². The highest BCUT2D eigenvalue weighted by molar-refractivity contribution is 6.43. The molecule has 0 amide bonds. The third-order valence-corrected chi connectivity index (χ3v) is 4.06. The normalized spacial score (nSPS) is 32.2. The average molecular weight is 271 g/mol. The van der Waals surface area contributed by atoms with Crippen LogP contribution in [0.1, 0.15) is 39.0 Å². The van der Waals surface area contributed by atoms with E-state index < -0.39 is 0 Å². The SMILES string of the molecule is C=CC1(CC(=C)C)CC/C=C(Cl)\C(Cl)=C/CC1. The Morgan fingerprint density at radius 1 is 1.29 bits per heavy atom. The number of hydrogen-bond donors (Lipinski definition) is 0. The molecule has 0 aliphatic heterocycles. The summed E-state index contributed by atoms with van der Waals surface area (Å²) in [6, 6.07) is 0. The summed E-state index contributed by atoms with van der Waals surface area (Å²) in [5.74, 6) is 0. The van der Waals surface area contributed by atoms with E-state index in [1.54, 1.807) is 0 Å². The second-order valence-corrected chi connectivity index (χ2v) is 5.70. The van der Waals surface area contributed by atoms with Crippen molar-refractivity contribution in [1.82, 2.24) is 0 Å². The molecule has 1 aliphatic rings. The molecule has 0 saturated carbocycles. The van der Waals surface area contributed by atoms with Crippen molar-refractivity contribution in [1.29, 1.82) is 0 Å². The molecule has 1 rings (SSSR count). The van der Waals surface area contributed by atoms with Crippen LogP contribution in [0.3, 0.4) is 0 Å². The van der Waals surface area contributed by atoms with Crippen molar-refractivity contribution in [2.24, 2.45) is 5.41 Å². The monoisotopic (exact) mass is 270 g/mol. The summed E-state index contributed by atoms with van der Waals surface area (Å²) in [7, 11) is 0. The molecule has 2 heteroatoms. The van der Waals surface area contributed by atoms with Gasteiger partial charge in [-0.15, -0.1) is 13.2 Å². The van der Waals surface area contributed by atoms with Crippen molar-refractivity contribution < 1.29 is 0 Å². The van der Waals surface area contributed by atoms with Crippen molar-refractivity contribution in [2.45, 2.75) is 39.0 Å². The highest BCUT2D eigenvalue weighted by Crippen LogP contribution is 2.39. The molecule has 0 radical (unpaired) electrons. The standard InChI is InChI=1S/C15H20Cl2/c1-4-15(11-12(2)3)9-5-7-13(16)14(17)8-6-10-15/h4,7-8H,1-2,5-6,9-11H2,3H3/b13-7+,14-8+. The van der Waals surface area contributed by atoms with E-state index in [0.717, 1.165) is 32.1 Å². The molecular weight excluding hydrogens is 251 g/mol. The molecule has 17 heavy (non-hydrogen) atoms. The van der Waals surface area contributed by atoms with Crippen molar-refractivity contribution >= 4 is 23.2 Å². The summed E-state index contributed by atoms with van der Waals surface area (Å²) < 4.78 is 0. The maximum absolute atomic E-state index is 6.08. The molecule has 0 unspecified atom stereocenters. The minimum atomic E-state index is 0.136. The van der Waals surface area contributed by atoms with E-state index in [2.05, 4.69) is 26.2 Å². The van der Waals surface area contributed by atoms with Gasteiger partial charge in [-0.05, 0) is 44.4 Å². The van der Waals surface area contributed by atoms with Gasteiger partial charge in [-0.25, -0.2) is 0 Å². The second kappa shape index (κ2) is 6.47. The van der Waals surface area contributed by atoms with Crippen LogP contribution in [0, 0.1) is 5.41 Å². The summed E-state index contributed by atoms with van der Waals surface area (Å²) in [5.41, 5.74) is 1.34. The smallest absolute Gasteiger partial charge is 0.0549 e. The Morgan fingerprint density at radius 3 is 2.12 bits per heavy atom. The maximum Gasteiger partial charge on any atom is 0.0549 e.